The molecule has 0 spiro atoms. The van der Waals surface area contributed by atoms with Crippen molar-refractivity contribution in [1.82, 2.24) is 5.32 Å². The predicted molar refractivity (Wildman–Crippen MR) is 54.1 cm³/mol. The first-order chi connectivity index (χ1) is 5.83. The Kier molecular flexibility index (Phi) is 3.30. The zero-order valence-corrected chi connectivity index (χ0v) is 7.77. The van der Waals surface area contributed by atoms with E-state index in [0.29, 0.717) is 6.04 Å². The third-order valence-electron chi connectivity index (χ3n) is 2.50. The van der Waals surface area contributed by atoms with E-state index in [1.54, 1.807) is 0 Å². The molecular formula is C11H17N. The smallest absolute Gasteiger partial charge is 0.0320 e. The third kappa shape index (κ3) is 1.67. The van der Waals surface area contributed by atoms with Gasteiger partial charge in [0.15, 0.2) is 0 Å². The largest absolute Gasteiger partial charge is 0.313 e. The van der Waals surface area contributed by atoms with E-state index in [2.05, 4.69) is 18.5 Å². The third-order valence-corrected chi connectivity index (χ3v) is 2.50. The highest BCUT2D eigenvalue weighted by Gasteiger charge is 2.17. The van der Waals surface area contributed by atoms with E-state index < -0.39 is 0 Å². The fourth-order valence-electron chi connectivity index (χ4n) is 1.81. The van der Waals surface area contributed by atoms with Crippen LogP contribution in [0, 0.1) is 0 Å². The maximum Gasteiger partial charge on any atom is 0.0320 e. The van der Waals surface area contributed by atoms with Gasteiger partial charge < -0.3 is 5.32 Å². The number of likely N-dealkylation sites (N-methyl/N-ethyl adjacent to an activating group) is 1. The van der Waals surface area contributed by atoms with Crippen molar-refractivity contribution in [3.8, 4) is 0 Å². The van der Waals surface area contributed by atoms with Gasteiger partial charge in [-0.3, -0.25) is 0 Å². The van der Waals surface area contributed by atoms with Crippen LogP contribution >= 0.6 is 0 Å². The van der Waals surface area contributed by atoms with Gasteiger partial charge in [0, 0.05) is 6.04 Å². The van der Waals surface area contributed by atoms with Crippen LogP contribution in [0.1, 0.15) is 19.3 Å². The topological polar surface area (TPSA) is 12.0 Å². The number of nitrogens with one attached hydrogen (secondary N) is 1. The van der Waals surface area contributed by atoms with Crippen LogP contribution in [0.2, 0.25) is 0 Å². The number of rotatable bonds is 3. The van der Waals surface area contributed by atoms with E-state index in [4.69, 9.17) is 0 Å². The minimum atomic E-state index is 0.490. The fraction of sp³-hybridized carbons (Fsp3) is 0.455. The van der Waals surface area contributed by atoms with Gasteiger partial charge in [0.05, 0.1) is 0 Å². The molecule has 1 nitrogen and oxygen atoms in total. The first-order valence-electron chi connectivity index (χ1n) is 4.48. The van der Waals surface area contributed by atoms with Crippen LogP contribution < -0.4 is 5.32 Å². The first kappa shape index (κ1) is 9.27. The molecule has 66 valence electrons. The summed E-state index contributed by atoms with van der Waals surface area (Å²) in [4.78, 5) is 0. The number of hydrogen-bond donors (Lipinski definition) is 1. The van der Waals surface area contributed by atoms with Gasteiger partial charge in [0.25, 0.3) is 0 Å². The molecule has 0 saturated heterocycles. The molecule has 12 heavy (non-hydrogen) atoms. The van der Waals surface area contributed by atoms with Crippen LogP contribution in [0.25, 0.3) is 0 Å². The Morgan fingerprint density at radius 3 is 2.67 bits per heavy atom. The summed E-state index contributed by atoms with van der Waals surface area (Å²) in [5, 5.41) is 3.29. The zero-order chi connectivity index (χ0) is 8.97. The van der Waals surface area contributed by atoms with Crippen molar-refractivity contribution in [2.45, 2.75) is 25.3 Å². The monoisotopic (exact) mass is 163 g/mol. The molecule has 0 aromatic rings. The highest BCUT2D eigenvalue weighted by Crippen LogP contribution is 2.26. The number of allylic oxidation sites excluding steroid dienone is 2. The van der Waals surface area contributed by atoms with Gasteiger partial charge in [0.2, 0.25) is 0 Å². The van der Waals surface area contributed by atoms with Crippen molar-refractivity contribution in [3.05, 3.63) is 36.5 Å². The van der Waals surface area contributed by atoms with E-state index in [1.807, 2.05) is 19.2 Å². The van der Waals surface area contributed by atoms with Crippen LogP contribution in [0.15, 0.2) is 36.5 Å². The molecule has 0 heterocycles. The number of hydrogen-bond acceptors (Lipinski definition) is 1. The van der Waals surface area contributed by atoms with Crippen LogP contribution in [-0.2, 0) is 0 Å². The van der Waals surface area contributed by atoms with Crippen LogP contribution in [0.4, 0.5) is 0 Å². The molecule has 0 saturated carbocycles. The van der Waals surface area contributed by atoms with Gasteiger partial charge in [-0.05, 0) is 37.5 Å². The van der Waals surface area contributed by atoms with Crippen molar-refractivity contribution < 1.29 is 0 Å². The van der Waals surface area contributed by atoms with Crippen molar-refractivity contribution in [3.63, 3.8) is 0 Å². The second kappa shape index (κ2) is 4.27. The maximum atomic E-state index is 3.84. The summed E-state index contributed by atoms with van der Waals surface area (Å²) in [6.07, 6.45) is 7.54. The Bertz CT molecular complexity index is 213. The van der Waals surface area contributed by atoms with Gasteiger partial charge in [-0.25, -0.2) is 0 Å². The molecule has 0 amide bonds. The lowest BCUT2D eigenvalue weighted by molar-refractivity contribution is 0.540. The van der Waals surface area contributed by atoms with Gasteiger partial charge >= 0.3 is 0 Å². The molecule has 1 heteroatoms. The summed E-state index contributed by atoms with van der Waals surface area (Å²) < 4.78 is 0. The molecule has 1 aliphatic carbocycles. The van der Waals surface area contributed by atoms with Crippen molar-refractivity contribution >= 4 is 0 Å². The molecule has 0 bridgehead atoms. The minimum absolute atomic E-state index is 0.490. The van der Waals surface area contributed by atoms with Gasteiger partial charge in [-0.2, -0.15) is 0 Å². The van der Waals surface area contributed by atoms with Crippen LogP contribution in [0.3, 0.4) is 0 Å². The van der Waals surface area contributed by atoms with E-state index in [1.165, 1.54) is 24.0 Å². The van der Waals surface area contributed by atoms with Crippen molar-refractivity contribution in [2.24, 2.45) is 0 Å². The SMILES string of the molecule is C=CC1=C(C=C)C(NC)CCC1. The molecule has 1 rings (SSSR count). The van der Waals surface area contributed by atoms with Crippen molar-refractivity contribution in [2.75, 3.05) is 7.05 Å². The summed E-state index contributed by atoms with van der Waals surface area (Å²) in [6.45, 7) is 7.65. The molecule has 0 aliphatic heterocycles. The molecule has 0 aromatic heterocycles. The Labute approximate surface area is 74.9 Å². The first-order valence-corrected chi connectivity index (χ1v) is 4.48. The Morgan fingerprint density at radius 1 is 1.42 bits per heavy atom. The summed E-state index contributed by atoms with van der Waals surface area (Å²) >= 11 is 0. The highest BCUT2D eigenvalue weighted by molar-refractivity contribution is 5.37. The molecule has 0 radical (unpaired) electrons. The molecular weight excluding hydrogens is 146 g/mol. The van der Waals surface area contributed by atoms with Crippen molar-refractivity contribution in [1.29, 1.82) is 0 Å². The highest BCUT2D eigenvalue weighted by atomic mass is 14.9. The average Bonchev–Trinajstić information content (AvgIpc) is 2.16. The summed E-state index contributed by atoms with van der Waals surface area (Å²) in [6, 6.07) is 0.490. The molecule has 1 unspecified atom stereocenters. The second-order valence-electron chi connectivity index (χ2n) is 3.12. The molecule has 1 N–H and O–H groups in total. The standard InChI is InChI=1S/C11H17N/c1-4-9-7-6-8-11(12-3)10(9)5-2/h4-5,11-12H,1-2,6-8H2,3H3. The van der Waals surface area contributed by atoms with Gasteiger partial charge in [-0.1, -0.05) is 25.3 Å². The lowest BCUT2D eigenvalue weighted by atomic mass is 9.88. The average molecular weight is 163 g/mol. The minimum Gasteiger partial charge on any atom is -0.313 e. The maximum absolute atomic E-state index is 3.84. The lowest BCUT2D eigenvalue weighted by Crippen LogP contribution is -2.29. The van der Waals surface area contributed by atoms with Crippen LogP contribution in [0.5, 0.6) is 0 Å². The molecule has 1 aliphatic rings. The predicted octanol–water partition coefficient (Wildman–Crippen LogP) is 2.43. The Morgan fingerprint density at radius 2 is 2.17 bits per heavy atom. The Balaban J connectivity index is 2.92. The molecule has 0 fully saturated rings. The zero-order valence-electron chi connectivity index (χ0n) is 7.77. The Hall–Kier alpha value is -0.820. The van der Waals surface area contributed by atoms with E-state index in [0.717, 1.165) is 6.42 Å². The lowest BCUT2D eigenvalue weighted by Gasteiger charge is -2.25. The molecule has 1 atom stereocenters. The van der Waals surface area contributed by atoms with E-state index >= 15 is 0 Å². The summed E-state index contributed by atoms with van der Waals surface area (Å²) in [5.41, 5.74) is 2.69. The summed E-state index contributed by atoms with van der Waals surface area (Å²) in [5.74, 6) is 0. The van der Waals surface area contributed by atoms with Crippen LogP contribution in [-0.4, -0.2) is 13.1 Å². The van der Waals surface area contributed by atoms with Gasteiger partial charge in [0.1, 0.15) is 0 Å². The van der Waals surface area contributed by atoms with E-state index in [9.17, 15) is 0 Å². The molecule has 0 aromatic carbocycles. The quantitative estimate of drug-likeness (QED) is 0.673. The van der Waals surface area contributed by atoms with E-state index in [-0.39, 0.29) is 0 Å². The summed E-state index contributed by atoms with van der Waals surface area (Å²) in [7, 11) is 2.00. The normalized spacial score (nSPS) is 23.9. The fourth-order valence-corrected chi connectivity index (χ4v) is 1.81. The van der Waals surface area contributed by atoms with Gasteiger partial charge in [-0.15, -0.1) is 0 Å². The second-order valence-corrected chi connectivity index (χ2v) is 3.12.